The minimum Gasteiger partial charge on any atom is -0.505 e. The molecule has 0 radical (unpaired) electrons. The van der Waals surface area contributed by atoms with E-state index in [1.54, 1.807) is 0 Å². The van der Waals surface area contributed by atoms with Crippen LogP contribution in [0.15, 0.2) is 36.4 Å². The van der Waals surface area contributed by atoms with Gasteiger partial charge in [-0.15, -0.1) is 0 Å². The zero-order valence-electron chi connectivity index (χ0n) is 17.6. The van der Waals surface area contributed by atoms with E-state index in [0.29, 0.717) is 0 Å². The van der Waals surface area contributed by atoms with E-state index in [9.17, 15) is 32.3 Å². The summed E-state index contributed by atoms with van der Waals surface area (Å²) in [6, 6.07) is 5.52. The van der Waals surface area contributed by atoms with E-state index in [1.165, 1.54) is 6.92 Å². The maximum absolute atomic E-state index is 14.1. The second-order valence-electron chi connectivity index (χ2n) is 7.64. The van der Waals surface area contributed by atoms with E-state index >= 15 is 0 Å². The van der Waals surface area contributed by atoms with Crippen LogP contribution in [0.2, 0.25) is 0 Å². The van der Waals surface area contributed by atoms with Crippen LogP contribution in [-0.4, -0.2) is 21.6 Å². The third kappa shape index (κ3) is 4.46. The van der Waals surface area contributed by atoms with Crippen LogP contribution >= 0.6 is 0 Å². The Bertz CT molecular complexity index is 1180. The van der Waals surface area contributed by atoms with Crippen LogP contribution < -0.4 is 4.74 Å². The predicted molar refractivity (Wildman–Crippen MR) is 109 cm³/mol. The van der Waals surface area contributed by atoms with Crippen LogP contribution in [0, 0.1) is 18.7 Å². The Balaban J connectivity index is 2.10. The lowest BCUT2D eigenvalue weighted by Crippen LogP contribution is -2.15. The maximum atomic E-state index is 14.1. The molecule has 0 aliphatic rings. The molecule has 0 aliphatic carbocycles. The van der Waals surface area contributed by atoms with Gasteiger partial charge in [0.1, 0.15) is 0 Å². The number of aromatic nitrogens is 1. The van der Waals surface area contributed by atoms with Gasteiger partial charge >= 0.3 is 12.1 Å². The Hall–Kier alpha value is -3.36. The summed E-state index contributed by atoms with van der Waals surface area (Å²) in [5, 5.41) is 9.93. The molecule has 0 fully saturated rings. The Morgan fingerprint density at radius 2 is 1.78 bits per heavy atom. The summed E-state index contributed by atoms with van der Waals surface area (Å²) in [6.45, 7) is 5.24. The number of ether oxygens (including phenoxy) is 1. The molecule has 5 nitrogen and oxygen atoms in total. The molecule has 2 aromatic carbocycles. The van der Waals surface area contributed by atoms with Crippen molar-refractivity contribution in [3.63, 3.8) is 0 Å². The quantitative estimate of drug-likeness (QED) is 0.391. The number of halogens is 4. The number of fused-ring (bicyclic) bond motifs is 1. The second kappa shape index (κ2) is 8.64. The van der Waals surface area contributed by atoms with Gasteiger partial charge in [0.2, 0.25) is 0 Å². The fraction of sp³-hybridized carbons (Fsp3) is 0.304. The van der Waals surface area contributed by atoms with Gasteiger partial charge in [0.05, 0.1) is 16.8 Å². The highest BCUT2D eigenvalue weighted by atomic mass is 19.4. The molecule has 32 heavy (non-hydrogen) atoms. The molecular weight excluding hydrogens is 430 g/mol. The minimum atomic E-state index is -4.56. The van der Waals surface area contributed by atoms with Crippen LogP contribution in [0.5, 0.6) is 11.5 Å². The van der Waals surface area contributed by atoms with Gasteiger partial charge in [-0.1, -0.05) is 20.3 Å². The van der Waals surface area contributed by atoms with E-state index in [4.69, 9.17) is 4.74 Å². The van der Waals surface area contributed by atoms with Gasteiger partial charge in [-0.2, -0.15) is 13.2 Å². The summed E-state index contributed by atoms with van der Waals surface area (Å²) in [4.78, 5) is 25.5. The summed E-state index contributed by atoms with van der Waals surface area (Å²) < 4.78 is 59.1. The first-order chi connectivity index (χ1) is 14.9. The highest BCUT2D eigenvalue weighted by Crippen LogP contribution is 2.37. The van der Waals surface area contributed by atoms with Crippen molar-refractivity contribution in [1.29, 1.82) is 0 Å². The Morgan fingerprint density at radius 3 is 2.34 bits per heavy atom. The number of esters is 1. The molecule has 1 N–H and O–H groups in total. The first kappa shape index (κ1) is 23.3. The molecular formula is C23H21F4NO4. The molecule has 0 amide bonds. The zero-order chi connectivity index (χ0) is 23.8. The number of phenolic OH excluding ortho intramolecular Hbond substituents is 1. The van der Waals surface area contributed by atoms with Gasteiger partial charge in [-0.3, -0.25) is 14.2 Å². The van der Waals surface area contributed by atoms with Crippen LogP contribution in [0.4, 0.5) is 17.6 Å². The van der Waals surface area contributed by atoms with E-state index in [-0.39, 0.29) is 40.2 Å². The average molecular weight is 451 g/mol. The lowest BCUT2D eigenvalue weighted by molar-refractivity contribution is -0.137. The largest absolute Gasteiger partial charge is 0.505 e. The summed E-state index contributed by atoms with van der Waals surface area (Å²) in [5.74, 6) is -2.98. The van der Waals surface area contributed by atoms with Crippen molar-refractivity contribution in [3.8, 4) is 11.5 Å². The minimum absolute atomic E-state index is 0.00837. The summed E-state index contributed by atoms with van der Waals surface area (Å²) in [5.41, 5.74) is -0.843. The van der Waals surface area contributed by atoms with Gasteiger partial charge < -0.3 is 9.84 Å². The van der Waals surface area contributed by atoms with Crippen LogP contribution in [0.1, 0.15) is 48.3 Å². The van der Waals surface area contributed by atoms with Gasteiger partial charge in [0.15, 0.2) is 17.3 Å². The SMILES string of the molecule is CCC(C)CC(=O)Oc1c(C)n(C(=O)c2ccc(C(F)(F)F)cc2)c2cc(F)c(O)cc12. The number of benzene rings is 2. The molecule has 0 saturated carbocycles. The molecule has 0 aliphatic heterocycles. The topological polar surface area (TPSA) is 68.5 Å². The van der Waals surface area contributed by atoms with Crippen LogP contribution in [-0.2, 0) is 11.0 Å². The Labute approximate surface area is 181 Å². The smallest absolute Gasteiger partial charge is 0.416 e. The van der Waals surface area contributed by atoms with E-state index in [2.05, 4.69) is 0 Å². The van der Waals surface area contributed by atoms with Gasteiger partial charge in [-0.05, 0) is 43.2 Å². The standard InChI is InChI=1S/C23H21F4NO4/c1-4-12(2)9-20(30)32-21-13(3)28(18-11-17(24)19(29)10-16(18)21)22(31)14-5-7-15(8-6-14)23(25,26)27/h5-8,10-12,29H,4,9H2,1-3H3. The van der Waals surface area contributed by atoms with Crippen molar-refractivity contribution in [3.05, 3.63) is 59.0 Å². The van der Waals surface area contributed by atoms with E-state index in [0.717, 1.165) is 47.4 Å². The van der Waals surface area contributed by atoms with Crippen molar-refractivity contribution in [2.45, 2.75) is 39.8 Å². The third-order valence-corrected chi connectivity index (χ3v) is 5.30. The van der Waals surface area contributed by atoms with Crippen molar-refractivity contribution in [2.75, 3.05) is 0 Å². The molecule has 0 saturated heterocycles. The first-order valence-corrected chi connectivity index (χ1v) is 9.90. The molecule has 170 valence electrons. The second-order valence-corrected chi connectivity index (χ2v) is 7.64. The van der Waals surface area contributed by atoms with E-state index < -0.39 is 35.2 Å². The number of nitrogens with zero attached hydrogens (tertiary/aromatic N) is 1. The molecule has 3 rings (SSSR count). The maximum Gasteiger partial charge on any atom is 0.416 e. The summed E-state index contributed by atoms with van der Waals surface area (Å²) >= 11 is 0. The fourth-order valence-electron chi connectivity index (χ4n) is 3.30. The third-order valence-electron chi connectivity index (χ3n) is 5.30. The summed E-state index contributed by atoms with van der Waals surface area (Å²) in [7, 11) is 0. The number of alkyl halides is 3. The van der Waals surface area contributed by atoms with Gasteiger partial charge in [-0.25, -0.2) is 4.39 Å². The summed E-state index contributed by atoms with van der Waals surface area (Å²) in [6.07, 6.45) is -3.70. The molecule has 1 heterocycles. The number of carbonyl (C=O) groups excluding carboxylic acids is 2. The highest BCUT2D eigenvalue weighted by Gasteiger charge is 2.31. The molecule has 1 atom stereocenters. The van der Waals surface area contributed by atoms with E-state index in [1.807, 2.05) is 13.8 Å². The lowest BCUT2D eigenvalue weighted by Gasteiger charge is -2.10. The van der Waals surface area contributed by atoms with Crippen molar-refractivity contribution in [1.82, 2.24) is 4.57 Å². The first-order valence-electron chi connectivity index (χ1n) is 9.90. The van der Waals surface area contributed by atoms with Gasteiger partial charge in [0.25, 0.3) is 5.91 Å². The Kier molecular flexibility index (Phi) is 6.29. The number of hydrogen-bond acceptors (Lipinski definition) is 4. The molecule has 9 heteroatoms. The van der Waals surface area contributed by atoms with Crippen molar-refractivity contribution >= 4 is 22.8 Å². The number of hydrogen-bond donors (Lipinski definition) is 1. The number of phenols is 1. The van der Waals surface area contributed by atoms with Crippen molar-refractivity contribution in [2.24, 2.45) is 5.92 Å². The predicted octanol–water partition coefficient (Wildman–Crippen LogP) is 5.84. The monoisotopic (exact) mass is 451 g/mol. The zero-order valence-corrected chi connectivity index (χ0v) is 17.6. The molecule has 1 aromatic heterocycles. The highest BCUT2D eigenvalue weighted by molar-refractivity contribution is 6.05. The number of rotatable bonds is 5. The normalized spacial score (nSPS) is 12.7. The van der Waals surface area contributed by atoms with Crippen LogP contribution in [0.3, 0.4) is 0 Å². The molecule has 3 aromatic rings. The molecule has 0 spiro atoms. The molecule has 0 bridgehead atoms. The lowest BCUT2D eigenvalue weighted by atomic mass is 10.1. The Morgan fingerprint density at radius 1 is 1.16 bits per heavy atom. The fourth-order valence-corrected chi connectivity index (χ4v) is 3.30. The molecule has 1 unspecified atom stereocenters. The van der Waals surface area contributed by atoms with Crippen molar-refractivity contribution < 1.29 is 37.0 Å². The van der Waals surface area contributed by atoms with Gasteiger partial charge in [0, 0.05) is 23.4 Å². The average Bonchev–Trinajstić information content (AvgIpc) is 2.98. The number of aromatic hydroxyl groups is 1. The number of carbonyl (C=O) groups is 2. The van der Waals surface area contributed by atoms with Crippen LogP contribution in [0.25, 0.3) is 10.9 Å².